The van der Waals surface area contributed by atoms with Gasteiger partial charge >= 0.3 is 0 Å². The molecule has 160 valence electrons. The van der Waals surface area contributed by atoms with Gasteiger partial charge in [0.25, 0.3) is 0 Å². The number of aryl methyl sites for hydroxylation is 1. The zero-order valence-electron chi connectivity index (χ0n) is 16.9. The zero-order valence-corrected chi connectivity index (χ0v) is 17.7. The van der Waals surface area contributed by atoms with Crippen LogP contribution in [0, 0.1) is 12.7 Å². The van der Waals surface area contributed by atoms with E-state index in [1.54, 1.807) is 31.2 Å². The fourth-order valence-electron chi connectivity index (χ4n) is 3.29. The number of aromatic nitrogens is 2. The van der Waals surface area contributed by atoms with Gasteiger partial charge in [-0.25, -0.2) is 9.37 Å². The summed E-state index contributed by atoms with van der Waals surface area (Å²) in [5.41, 5.74) is 1.11. The number of benzene rings is 2. The molecule has 0 aliphatic carbocycles. The Balaban J connectivity index is 1.75. The Morgan fingerprint density at radius 3 is 2.41 bits per heavy atom. The molecule has 0 bridgehead atoms. The number of halogens is 2. The molecule has 2 heterocycles. The van der Waals surface area contributed by atoms with E-state index in [2.05, 4.69) is 10.3 Å². The summed E-state index contributed by atoms with van der Waals surface area (Å²) in [5.74, 6) is -1.32. The molecule has 0 atom stereocenters. The minimum Gasteiger partial charge on any atom is -0.325 e. The second-order valence-electron chi connectivity index (χ2n) is 7.21. The first-order chi connectivity index (χ1) is 15.3. The molecule has 2 aromatic carbocycles. The van der Waals surface area contributed by atoms with E-state index >= 15 is 0 Å². The van der Waals surface area contributed by atoms with Crippen LogP contribution in [0.2, 0.25) is 5.02 Å². The highest BCUT2D eigenvalue weighted by Gasteiger charge is 2.19. The fraction of sp³-hybridized carbons (Fsp3) is 0.0833. The number of rotatable bonds is 5. The van der Waals surface area contributed by atoms with Crippen LogP contribution in [0.15, 0.2) is 71.7 Å². The van der Waals surface area contributed by atoms with Gasteiger partial charge in [0.15, 0.2) is 5.78 Å². The van der Waals surface area contributed by atoms with Crippen LogP contribution in [-0.4, -0.2) is 21.2 Å². The number of ketones is 1. The first-order valence-corrected chi connectivity index (χ1v) is 10.1. The van der Waals surface area contributed by atoms with Crippen LogP contribution in [0.25, 0.3) is 11.0 Å². The standard InChI is InChI=1S/C24H17ClFN3O3/c1-14-2-11-19-23(32)20(22(31)15-3-5-16(25)6-4-15)12-29(24(19)27-14)13-21(30)28-18-9-7-17(26)8-10-18/h2-12H,13H2,1H3,(H,28,30). The van der Waals surface area contributed by atoms with E-state index in [0.717, 1.165) is 0 Å². The Labute approximate surface area is 187 Å². The van der Waals surface area contributed by atoms with Crippen molar-refractivity contribution in [3.63, 3.8) is 0 Å². The van der Waals surface area contributed by atoms with E-state index in [0.29, 0.717) is 22.0 Å². The highest BCUT2D eigenvalue weighted by molar-refractivity contribution is 6.30. The largest absolute Gasteiger partial charge is 0.325 e. The molecule has 0 aliphatic heterocycles. The van der Waals surface area contributed by atoms with Crippen LogP contribution in [0.5, 0.6) is 0 Å². The van der Waals surface area contributed by atoms with E-state index in [4.69, 9.17) is 11.6 Å². The van der Waals surface area contributed by atoms with E-state index in [-0.39, 0.29) is 23.1 Å². The molecule has 4 aromatic rings. The molecule has 0 fully saturated rings. The number of nitrogens with zero attached hydrogens (tertiary/aromatic N) is 2. The Morgan fingerprint density at radius 2 is 1.72 bits per heavy atom. The maximum Gasteiger partial charge on any atom is 0.244 e. The number of carbonyl (C=O) groups excluding carboxylic acids is 2. The van der Waals surface area contributed by atoms with Crippen LogP contribution >= 0.6 is 11.6 Å². The third kappa shape index (κ3) is 4.43. The lowest BCUT2D eigenvalue weighted by Crippen LogP contribution is -2.25. The second kappa shape index (κ2) is 8.72. The average molecular weight is 450 g/mol. The molecule has 0 radical (unpaired) electrons. The lowest BCUT2D eigenvalue weighted by Gasteiger charge is -2.13. The molecule has 8 heteroatoms. The third-order valence-corrected chi connectivity index (χ3v) is 5.11. The van der Waals surface area contributed by atoms with Crippen LogP contribution in [0.3, 0.4) is 0 Å². The molecule has 4 rings (SSSR count). The SMILES string of the molecule is Cc1ccc2c(=O)c(C(=O)c3ccc(Cl)cc3)cn(CC(=O)Nc3ccc(F)cc3)c2n1. The minimum atomic E-state index is -0.484. The van der Waals surface area contributed by atoms with Gasteiger partial charge in [0.05, 0.1) is 10.9 Å². The summed E-state index contributed by atoms with van der Waals surface area (Å²) in [5, 5.41) is 3.36. The lowest BCUT2D eigenvalue weighted by atomic mass is 10.0. The summed E-state index contributed by atoms with van der Waals surface area (Å²) in [6.07, 6.45) is 1.35. The zero-order chi connectivity index (χ0) is 22.8. The van der Waals surface area contributed by atoms with Crippen molar-refractivity contribution in [1.29, 1.82) is 0 Å². The van der Waals surface area contributed by atoms with E-state index in [1.165, 1.54) is 47.2 Å². The Morgan fingerprint density at radius 1 is 1.03 bits per heavy atom. The smallest absolute Gasteiger partial charge is 0.244 e. The molecule has 0 unspecified atom stereocenters. The van der Waals surface area contributed by atoms with Gasteiger partial charge in [-0.1, -0.05) is 11.6 Å². The molecule has 6 nitrogen and oxygen atoms in total. The average Bonchev–Trinajstić information content (AvgIpc) is 2.77. The van der Waals surface area contributed by atoms with Gasteiger partial charge in [-0.2, -0.15) is 0 Å². The highest BCUT2D eigenvalue weighted by atomic mass is 35.5. The van der Waals surface area contributed by atoms with Gasteiger partial charge in [-0.15, -0.1) is 0 Å². The van der Waals surface area contributed by atoms with Crippen molar-refractivity contribution in [3.05, 3.63) is 105 Å². The summed E-state index contributed by atoms with van der Waals surface area (Å²) < 4.78 is 14.6. The number of hydrogen-bond donors (Lipinski definition) is 1. The van der Waals surface area contributed by atoms with Gasteiger partial charge in [0, 0.05) is 28.2 Å². The molecule has 1 amide bonds. The molecule has 0 saturated heterocycles. The van der Waals surface area contributed by atoms with Crippen molar-refractivity contribution < 1.29 is 14.0 Å². The van der Waals surface area contributed by atoms with E-state index in [1.807, 2.05) is 0 Å². The maximum atomic E-state index is 13.1. The normalized spacial score (nSPS) is 10.8. The summed E-state index contributed by atoms with van der Waals surface area (Å²) in [7, 11) is 0. The molecule has 1 N–H and O–H groups in total. The minimum absolute atomic E-state index is 0.0833. The number of nitrogens with one attached hydrogen (secondary N) is 1. The molecular formula is C24H17ClFN3O3. The van der Waals surface area contributed by atoms with Crippen molar-refractivity contribution in [2.45, 2.75) is 13.5 Å². The van der Waals surface area contributed by atoms with Gasteiger partial charge in [0.1, 0.15) is 18.0 Å². The van der Waals surface area contributed by atoms with E-state index in [9.17, 15) is 18.8 Å². The van der Waals surface area contributed by atoms with Crippen molar-refractivity contribution in [1.82, 2.24) is 9.55 Å². The number of pyridine rings is 2. The topological polar surface area (TPSA) is 81.1 Å². The summed E-state index contributed by atoms with van der Waals surface area (Å²) >= 11 is 5.89. The van der Waals surface area contributed by atoms with E-state index < -0.39 is 22.9 Å². The van der Waals surface area contributed by atoms with Crippen molar-refractivity contribution in [2.75, 3.05) is 5.32 Å². The van der Waals surface area contributed by atoms with Crippen molar-refractivity contribution >= 4 is 40.0 Å². The Kier molecular flexibility index (Phi) is 5.83. The fourth-order valence-corrected chi connectivity index (χ4v) is 3.41. The first-order valence-electron chi connectivity index (χ1n) is 9.68. The number of fused-ring (bicyclic) bond motifs is 1. The molecule has 2 aromatic heterocycles. The Bertz CT molecular complexity index is 1400. The van der Waals surface area contributed by atoms with Gasteiger partial charge in [0.2, 0.25) is 11.3 Å². The van der Waals surface area contributed by atoms with Crippen molar-refractivity contribution in [3.8, 4) is 0 Å². The maximum absolute atomic E-state index is 13.1. The number of hydrogen-bond acceptors (Lipinski definition) is 4. The summed E-state index contributed by atoms with van der Waals surface area (Å²) in [6.45, 7) is 1.56. The van der Waals surface area contributed by atoms with Gasteiger partial charge < -0.3 is 9.88 Å². The van der Waals surface area contributed by atoms with Crippen LogP contribution in [0.1, 0.15) is 21.6 Å². The monoisotopic (exact) mass is 449 g/mol. The van der Waals surface area contributed by atoms with Crippen LogP contribution in [0.4, 0.5) is 10.1 Å². The third-order valence-electron chi connectivity index (χ3n) is 4.85. The summed E-state index contributed by atoms with van der Waals surface area (Å²) in [6, 6.07) is 14.8. The van der Waals surface area contributed by atoms with Crippen LogP contribution in [-0.2, 0) is 11.3 Å². The Hall–Kier alpha value is -3.84. The molecular weight excluding hydrogens is 433 g/mol. The number of anilines is 1. The number of amides is 1. The van der Waals surface area contributed by atoms with Gasteiger partial charge in [-0.3, -0.25) is 14.4 Å². The first kappa shape index (κ1) is 21.4. The van der Waals surface area contributed by atoms with Crippen molar-refractivity contribution in [2.24, 2.45) is 0 Å². The lowest BCUT2D eigenvalue weighted by molar-refractivity contribution is -0.116. The quantitative estimate of drug-likeness (QED) is 0.459. The van der Waals surface area contributed by atoms with Gasteiger partial charge in [-0.05, 0) is 67.6 Å². The highest BCUT2D eigenvalue weighted by Crippen LogP contribution is 2.16. The molecule has 0 aliphatic rings. The van der Waals surface area contributed by atoms with Crippen LogP contribution < -0.4 is 10.7 Å². The molecule has 32 heavy (non-hydrogen) atoms. The summed E-state index contributed by atoms with van der Waals surface area (Å²) in [4.78, 5) is 43.1. The predicted octanol–water partition coefficient (Wildman–Crippen LogP) is 4.37. The second-order valence-corrected chi connectivity index (χ2v) is 7.65. The molecule has 0 spiro atoms. The predicted molar refractivity (Wildman–Crippen MR) is 121 cm³/mol. The number of carbonyl (C=O) groups is 2. The molecule has 0 saturated carbocycles.